The lowest BCUT2D eigenvalue weighted by Crippen LogP contribution is -2.15. The number of aryl methyl sites for hydroxylation is 1. The smallest absolute Gasteiger partial charge is 0.289 e. The number of carbonyl (C=O) groups excluding carboxylic acids is 1. The van der Waals surface area contributed by atoms with Gasteiger partial charge in [0, 0.05) is 11.6 Å². The fourth-order valence-corrected chi connectivity index (χ4v) is 1.90. The van der Waals surface area contributed by atoms with Crippen LogP contribution in [0.1, 0.15) is 15.9 Å². The van der Waals surface area contributed by atoms with Crippen molar-refractivity contribution in [3.8, 4) is 0 Å². The first-order chi connectivity index (χ1) is 7.27. The van der Waals surface area contributed by atoms with E-state index >= 15 is 0 Å². The summed E-state index contributed by atoms with van der Waals surface area (Å²) in [5.41, 5.74) is -0.269. The van der Waals surface area contributed by atoms with Crippen LogP contribution in [0.4, 0.5) is 5.69 Å². The van der Waals surface area contributed by atoms with E-state index in [4.69, 9.17) is 5.14 Å². The van der Waals surface area contributed by atoms with Gasteiger partial charge in [0.05, 0.1) is 4.92 Å². The van der Waals surface area contributed by atoms with Crippen LogP contribution in [0, 0.1) is 17.0 Å². The molecule has 0 unspecified atom stereocenters. The van der Waals surface area contributed by atoms with E-state index in [0.717, 1.165) is 12.1 Å². The van der Waals surface area contributed by atoms with Crippen molar-refractivity contribution in [1.82, 2.24) is 0 Å². The second-order valence-electron chi connectivity index (χ2n) is 3.10. The minimum atomic E-state index is -4.23. The Balaban J connectivity index is 3.69. The summed E-state index contributed by atoms with van der Waals surface area (Å²) in [6, 6.07) is 1.90. The molecule has 0 bridgehead atoms. The molecular weight excluding hydrogens is 236 g/mol. The van der Waals surface area contributed by atoms with E-state index < -0.39 is 25.5 Å². The van der Waals surface area contributed by atoms with Crippen molar-refractivity contribution >= 4 is 22.0 Å². The first kappa shape index (κ1) is 12.3. The standard InChI is InChI=1S/C8H8N2O5S/c1-5-2-7(10(12)13)8(16(9,14)15)3-6(5)4-11/h2-4H,1H3,(H2,9,14,15). The molecule has 0 aliphatic rings. The molecule has 0 aliphatic carbocycles. The zero-order valence-corrected chi connectivity index (χ0v) is 9.02. The summed E-state index contributed by atoms with van der Waals surface area (Å²) in [7, 11) is -4.23. The van der Waals surface area contributed by atoms with Crippen LogP contribution in [0.5, 0.6) is 0 Å². The molecule has 0 saturated heterocycles. The maximum atomic E-state index is 11.1. The van der Waals surface area contributed by atoms with Gasteiger partial charge in [-0.05, 0) is 18.6 Å². The Labute approximate surface area is 91.1 Å². The number of nitrogens with zero attached hydrogens (tertiary/aromatic N) is 1. The van der Waals surface area contributed by atoms with Gasteiger partial charge in [-0.1, -0.05) is 0 Å². The lowest BCUT2D eigenvalue weighted by molar-refractivity contribution is -0.387. The van der Waals surface area contributed by atoms with Gasteiger partial charge < -0.3 is 0 Å². The molecule has 0 spiro atoms. The number of rotatable bonds is 3. The van der Waals surface area contributed by atoms with Gasteiger partial charge in [0.25, 0.3) is 5.69 Å². The summed E-state index contributed by atoms with van der Waals surface area (Å²) in [4.78, 5) is 19.7. The Bertz CT molecular complexity index is 564. The highest BCUT2D eigenvalue weighted by atomic mass is 32.2. The molecule has 0 aromatic heterocycles. The Kier molecular flexibility index (Phi) is 3.06. The van der Waals surface area contributed by atoms with Crippen LogP contribution in [-0.4, -0.2) is 19.6 Å². The minimum Gasteiger partial charge on any atom is -0.298 e. The fourth-order valence-electron chi connectivity index (χ4n) is 1.19. The molecule has 0 heterocycles. The Hall–Kier alpha value is -1.80. The number of nitro groups is 1. The van der Waals surface area contributed by atoms with Crippen molar-refractivity contribution < 1.29 is 18.1 Å². The molecule has 0 fully saturated rings. The summed E-state index contributed by atoms with van der Waals surface area (Å²) >= 11 is 0. The predicted octanol–water partition coefficient (Wildman–Crippen LogP) is 0.363. The van der Waals surface area contributed by atoms with Crippen molar-refractivity contribution in [2.24, 2.45) is 5.14 Å². The molecule has 0 atom stereocenters. The summed E-state index contributed by atoms with van der Waals surface area (Å²) in [5, 5.41) is 15.4. The van der Waals surface area contributed by atoms with E-state index in [-0.39, 0.29) is 5.56 Å². The van der Waals surface area contributed by atoms with E-state index in [1.54, 1.807) is 0 Å². The normalized spacial score (nSPS) is 11.1. The first-order valence-corrected chi connectivity index (χ1v) is 5.59. The number of aldehydes is 1. The number of carbonyl (C=O) groups is 1. The molecule has 1 rings (SSSR count). The summed E-state index contributed by atoms with van der Waals surface area (Å²) < 4.78 is 22.2. The molecule has 1 aromatic carbocycles. The first-order valence-electron chi connectivity index (χ1n) is 4.04. The van der Waals surface area contributed by atoms with Crippen molar-refractivity contribution in [3.05, 3.63) is 33.4 Å². The largest absolute Gasteiger partial charge is 0.298 e. The van der Waals surface area contributed by atoms with Gasteiger partial charge in [-0.15, -0.1) is 0 Å². The van der Waals surface area contributed by atoms with Crippen molar-refractivity contribution in [1.29, 1.82) is 0 Å². The third kappa shape index (κ3) is 2.23. The molecule has 86 valence electrons. The molecule has 1 aromatic rings. The van der Waals surface area contributed by atoms with E-state index in [0.29, 0.717) is 11.8 Å². The number of hydrogen-bond acceptors (Lipinski definition) is 5. The highest BCUT2D eigenvalue weighted by Gasteiger charge is 2.24. The van der Waals surface area contributed by atoms with Crippen molar-refractivity contribution in [2.75, 3.05) is 0 Å². The van der Waals surface area contributed by atoms with E-state index in [9.17, 15) is 23.3 Å². The van der Waals surface area contributed by atoms with Crippen LogP contribution in [0.2, 0.25) is 0 Å². The van der Waals surface area contributed by atoms with Crippen LogP contribution in [0.3, 0.4) is 0 Å². The lowest BCUT2D eigenvalue weighted by atomic mass is 10.1. The van der Waals surface area contributed by atoms with E-state index in [1.165, 1.54) is 6.92 Å². The van der Waals surface area contributed by atoms with Crippen LogP contribution in [0.25, 0.3) is 0 Å². The summed E-state index contributed by atoms with van der Waals surface area (Å²) in [5.74, 6) is 0. The number of nitro benzene ring substituents is 1. The highest BCUT2D eigenvalue weighted by Crippen LogP contribution is 2.25. The molecule has 7 nitrogen and oxygen atoms in total. The Morgan fingerprint density at radius 1 is 1.44 bits per heavy atom. The maximum Gasteiger partial charge on any atom is 0.289 e. The number of primary sulfonamides is 1. The van der Waals surface area contributed by atoms with Gasteiger partial charge in [-0.3, -0.25) is 14.9 Å². The zero-order chi connectivity index (χ0) is 12.5. The Morgan fingerprint density at radius 2 is 2.00 bits per heavy atom. The molecule has 2 N–H and O–H groups in total. The van der Waals surface area contributed by atoms with Gasteiger partial charge in [0.1, 0.15) is 6.29 Å². The van der Waals surface area contributed by atoms with Gasteiger partial charge in [-0.2, -0.15) is 0 Å². The molecular formula is C8H8N2O5S. The van der Waals surface area contributed by atoms with Gasteiger partial charge in [0.2, 0.25) is 10.0 Å². The molecule has 0 saturated carbocycles. The topological polar surface area (TPSA) is 120 Å². The Morgan fingerprint density at radius 3 is 2.38 bits per heavy atom. The zero-order valence-electron chi connectivity index (χ0n) is 8.21. The van der Waals surface area contributed by atoms with Crippen LogP contribution < -0.4 is 5.14 Å². The van der Waals surface area contributed by atoms with Gasteiger partial charge in [-0.25, -0.2) is 13.6 Å². The molecule has 0 amide bonds. The van der Waals surface area contributed by atoms with Gasteiger partial charge >= 0.3 is 0 Å². The molecule has 0 radical (unpaired) electrons. The molecule has 16 heavy (non-hydrogen) atoms. The quantitative estimate of drug-likeness (QED) is 0.467. The third-order valence-corrected chi connectivity index (χ3v) is 2.92. The summed E-state index contributed by atoms with van der Waals surface area (Å²) in [6.07, 6.45) is 0.410. The average Bonchev–Trinajstić information content (AvgIpc) is 2.15. The van der Waals surface area contributed by atoms with E-state index in [2.05, 4.69) is 0 Å². The fraction of sp³-hybridized carbons (Fsp3) is 0.125. The molecule has 8 heteroatoms. The number of benzene rings is 1. The minimum absolute atomic E-state index is 0.0506. The monoisotopic (exact) mass is 244 g/mol. The summed E-state index contributed by atoms with van der Waals surface area (Å²) in [6.45, 7) is 1.46. The van der Waals surface area contributed by atoms with Crippen LogP contribution in [-0.2, 0) is 10.0 Å². The predicted molar refractivity (Wildman–Crippen MR) is 54.6 cm³/mol. The third-order valence-electron chi connectivity index (χ3n) is 1.98. The second kappa shape index (κ2) is 3.99. The van der Waals surface area contributed by atoms with E-state index in [1.807, 2.05) is 0 Å². The van der Waals surface area contributed by atoms with Crippen molar-refractivity contribution in [2.45, 2.75) is 11.8 Å². The lowest BCUT2D eigenvalue weighted by Gasteiger charge is -2.03. The van der Waals surface area contributed by atoms with Crippen LogP contribution >= 0.6 is 0 Å². The van der Waals surface area contributed by atoms with Crippen LogP contribution in [0.15, 0.2) is 17.0 Å². The average molecular weight is 244 g/mol. The number of hydrogen-bond donors (Lipinski definition) is 1. The SMILES string of the molecule is Cc1cc([N+](=O)[O-])c(S(N)(=O)=O)cc1C=O. The second-order valence-corrected chi connectivity index (χ2v) is 4.63. The van der Waals surface area contributed by atoms with Crippen molar-refractivity contribution in [3.63, 3.8) is 0 Å². The van der Waals surface area contributed by atoms with Gasteiger partial charge in [0.15, 0.2) is 4.90 Å². The number of sulfonamides is 1. The maximum absolute atomic E-state index is 11.1. The number of nitrogens with two attached hydrogens (primary N) is 1. The highest BCUT2D eigenvalue weighted by molar-refractivity contribution is 7.89. The molecule has 0 aliphatic heterocycles.